The highest BCUT2D eigenvalue weighted by atomic mass is 32.1. The molecule has 11 nitrogen and oxygen atoms in total. The SMILES string of the molecule is COc1cc(F)c(C(Nc2ccc(C)cc2)c2nn(-c3ccsc3C(=O)O)c(=O)[nH]2)cc1OC.N=CN. The van der Waals surface area contributed by atoms with Gasteiger partial charge in [-0.2, -0.15) is 4.68 Å². The average Bonchev–Trinajstić information content (AvgIpc) is 3.51. The number of aryl methyl sites for hydroxylation is 1. The normalized spacial score (nSPS) is 11.1. The molecule has 2 aromatic carbocycles. The number of carboxylic acid groups (broad SMARTS) is 1. The molecule has 4 rings (SSSR count). The molecular formula is C24H25FN6O5S. The quantitative estimate of drug-likeness (QED) is 0.171. The number of halogens is 1. The van der Waals surface area contributed by atoms with Crippen LogP contribution in [-0.4, -0.2) is 46.4 Å². The third-order valence-electron chi connectivity index (χ3n) is 5.15. The van der Waals surface area contributed by atoms with Gasteiger partial charge in [0.05, 0.1) is 26.2 Å². The summed E-state index contributed by atoms with van der Waals surface area (Å²) in [5.41, 5.74) is 5.68. The van der Waals surface area contributed by atoms with Gasteiger partial charge in [0, 0.05) is 17.3 Å². The predicted molar refractivity (Wildman–Crippen MR) is 138 cm³/mol. The highest BCUT2D eigenvalue weighted by Crippen LogP contribution is 2.35. The molecule has 4 aromatic rings. The Balaban J connectivity index is 0.00000121. The number of hydrogen-bond acceptors (Lipinski definition) is 8. The van der Waals surface area contributed by atoms with Crippen molar-refractivity contribution in [3.05, 3.63) is 86.0 Å². The van der Waals surface area contributed by atoms with Crippen LogP contribution in [0.15, 0.2) is 52.6 Å². The maximum absolute atomic E-state index is 15.2. The van der Waals surface area contributed by atoms with Crippen molar-refractivity contribution in [3.63, 3.8) is 0 Å². The second-order valence-electron chi connectivity index (χ2n) is 7.51. The van der Waals surface area contributed by atoms with Crippen LogP contribution in [0.1, 0.15) is 32.7 Å². The highest BCUT2D eigenvalue weighted by Gasteiger charge is 2.26. The van der Waals surface area contributed by atoms with E-state index in [2.05, 4.69) is 21.1 Å². The van der Waals surface area contributed by atoms with Crippen molar-refractivity contribution < 1.29 is 23.8 Å². The summed E-state index contributed by atoms with van der Waals surface area (Å²) >= 11 is 0.971. The molecule has 2 heterocycles. The molecule has 0 bridgehead atoms. The number of hydrogen-bond donors (Lipinski definition) is 5. The summed E-state index contributed by atoms with van der Waals surface area (Å²) in [4.78, 5) is 26.9. The van der Waals surface area contributed by atoms with E-state index in [1.165, 1.54) is 32.4 Å². The van der Waals surface area contributed by atoms with Gasteiger partial charge in [0.25, 0.3) is 0 Å². The first kappa shape index (κ1) is 26.9. The molecule has 0 saturated carbocycles. The lowest BCUT2D eigenvalue weighted by Gasteiger charge is -2.20. The summed E-state index contributed by atoms with van der Waals surface area (Å²) in [5.74, 6) is -1.20. The fraction of sp³-hybridized carbons (Fsp3) is 0.167. The van der Waals surface area contributed by atoms with Gasteiger partial charge in [0.1, 0.15) is 16.7 Å². The van der Waals surface area contributed by atoms with Gasteiger partial charge in [-0.25, -0.2) is 14.0 Å². The number of aromatic carboxylic acids is 1. The van der Waals surface area contributed by atoms with Crippen molar-refractivity contribution in [1.82, 2.24) is 14.8 Å². The van der Waals surface area contributed by atoms with Gasteiger partial charge < -0.3 is 25.6 Å². The second kappa shape index (κ2) is 11.9. The molecule has 13 heteroatoms. The molecule has 0 saturated heterocycles. The van der Waals surface area contributed by atoms with Crippen LogP contribution < -0.4 is 26.2 Å². The molecule has 6 N–H and O–H groups in total. The van der Waals surface area contributed by atoms with E-state index in [0.29, 0.717) is 11.4 Å². The minimum absolute atomic E-state index is 0.0412. The van der Waals surface area contributed by atoms with Crippen LogP contribution in [0, 0.1) is 18.2 Å². The van der Waals surface area contributed by atoms with Gasteiger partial charge in [-0.1, -0.05) is 17.7 Å². The van der Waals surface area contributed by atoms with Gasteiger partial charge in [-0.15, -0.1) is 16.4 Å². The molecule has 0 spiro atoms. The first-order valence-corrected chi connectivity index (χ1v) is 11.6. The number of carbonyl (C=O) groups is 1. The number of rotatable bonds is 8. The third-order valence-corrected chi connectivity index (χ3v) is 6.04. The van der Waals surface area contributed by atoms with Crippen molar-refractivity contribution in [1.29, 1.82) is 5.41 Å². The Kier molecular flexibility index (Phi) is 8.64. The van der Waals surface area contributed by atoms with E-state index in [0.717, 1.165) is 27.9 Å². The van der Waals surface area contributed by atoms with E-state index < -0.39 is 23.5 Å². The van der Waals surface area contributed by atoms with Gasteiger partial charge in [0.2, 0.25) is 0 Å². The fourth-order valence-corrected chi connectivity index (χ4v) is 4.17. The summed E-state index contributed by atoms with van der Waals surface area (Å²) in [6.07, 6.45) is 0.750. The number of aromatic amines is 1. The number of ether oxygens (including phenoxy) is 2. The summed E-state index contributed by atoms with van der Waals surface area (Å²) in [6, 6.07) is 10.6. The average molecular weight is 529 g/mol. The molecule has 0 amide bonds. The lowest BCUT2D eigenvalue weighted by atomic mass is 10.0. The van der Waals surface area contributed by atoms with E-state index in [1.807, 2.05) is 31.2 Å². The zero-order chi connectivity index (χ0) is 27.1. The summed E-state index contributed by atoms with van der Waals surface area (Å²) in [5, 5.41) is 24.4. The number of anilines is 1. The van der Waals surface area contributed by atoms with Crippen molar-refractivity contribution in [2.75, 3.05) is 19.5 Å². The number of thiophene rings is 1. The molecular weight excluding hydrogens is 503 g/mol. The molecule has 1 unspecified atom stereocenters. The molecule has 0 aliphatic heterocycles. The first-order chi connectivity index (χ1) is 17.7. The van der Waals surface area contributed by atoms with Crippen LogP contribution >= 0.6 is 11.3 Å². The van der Waals surface area contributed by atoms with Gasteiger partial charge in [-0.3, -0.25) is 10.4 Å². The van der Waals surface area contributed by atoms with Crippen LogP contribution in [0.4, 0.5) is 10.1 Å². The minimum atomic E-state index is -1.18. The van der Waals surface area contributed by atoms with Gasteiger partial charge in [-0.05, 0) is 36.6 Å². The van der Waals surface area contributed by atoms with Gasteiger partial charge in [0.15, 0.2) is 17.3 Å². The topological polar surface area (TPSA) is 168 Å². The Morgan fingerprint density at radius 3 is 2.46 bits per heavy atom. The summed E-state index contributed by atoms with van der Waals surface area (Å²) < 4.78 is 26.7. The highest BCUT2D eigenvalue weighted by molar-refractivity contribution is 7.12. The van der Waals surface area contributed by atoms with Crippen LogP contribution in [0.3, 0.4) is 0 Å². The Morgan fingerprint density at radius 1 is 1.24 bits per heavy atom. The molecule has 194 valence electrons. The zero-order valence-corrected chi connectivity index (χ0v) is 20.9. The molecule has 0 radical (unpaired) electrons. The van der Waals surface area contributed by atoms with Crippen LogP contribution in [0.2, 0.25) is 0 Å². The maximum Gasteiger partial charge on any atom is 0.348 e. The molecule has 0 aliphatic rings. The lowest BCUT2D eigenvalue weighted by Crippen LogP contribution is -2.17. The standard InChI is InChI=1S/C23H21FN4O5S.CH4N2/c1-12-4-6-13(7-5-12)25-19(14-10-17(32-2)18(33-3)11-15(14)24)21-26-23(31)28(27-21)16-8-9-34-20(16)22(29)30;2-1-3/h4-11,19,25H,1-3H3,(H,29,30)(H,26,27,31);1H,(H3,2,3). The van der Waals surface area contributed by atoms with E-state index in [9.17, 15) is 14.7 Å². The number of aromatic nitrogens is 3. The number of nitrogens with two attached hydrogens (primary N) is 1. The first-order valence-electron chi connectivity index (χ1n) is 10.7. The molecule has 0 fully saturated rings. The lowest BCUT2D eigenvalue weighted by molar-refractivity contribution is 0.0702. The van der Waals surface area contributed by atoms with Crippen molar-refractivity contribution >= 4 is 29.3 Å². The smallest absolute Gasteiger partial charge is 0.348 e. The summed E-state index contributed by atoms with van der Waals surface area (Å²) in [6.45, 7) is 1.94. The second-order valence-corrected chi connectivity index (χ2v) is 8.42. The fourth-order valence-electron chi connectivity index (χ4n) is 3.46. The zero-order valence-electron chi connectivity index (χ0n) is 20.1. The van der Waals surface area contributed by atoms with E-state index in [1.54, 1.807) is 5.38 Å². The van der Waals surface area contributed by atoms with Crippen molar-refractivity contribution in [2.45, 2.75) is 13.0 Å². The Hall–Kier alpha value is -4.65. The van der Waals surface area contributed by atoms with E-state index in [-0.39, 0.29) is 27.7 Å². The summed E-state index contributed by atoms with van der Waals surface area (Å²) in [7, 11) is 2.83. The number of nitrogens with one attached hydrogen (secondary N) is 3. The molecule has 0 aliphatic carbocycles. The Labute approximate surface area is 214 Å². The molecule has 1 atom stereocenters. The predicted octanol–water partition coefficient (Wildman–Crippen LogP) is 3.54. The van der Waals surface area contributed by atoms with Crippen LogP contribution in [-0.2, 0) is 0 Å². The number of H-pyrrole nitrogens is 1. The van der Waals surface area contributed by atoms with Crippen molar-refractivity contribution in [3.8, 4) is 17.2 Å². The molecule has 2 aromatic heterocycles. The van der Waals surface area contributed by atoms with Gasteiger partial charge >= 0.3 is 11.7 Å². The van der Waals surface area contributed by atoms with E-state index in [4.69, 9.17) is 14.9 Å². The third kappa shape index (κ3) is 5.95. The Morgan fingerprint density at radius 2 is 1.86 bits per heavy atom. The van der Waals surface area contributed by atoms with E-state index >= 15 is 4.39 Å². The van der Waals surface area contributed by atoms with Crippen LogP contribution in [0.5, 0.6) is 11.5 Å². The number of benzene rings is 2. The monoisotopic (exact) mass is 528 g/mol. The number of carboxylic acids is 1. The Bertz CT molecular complexity index is 1450. The largest absolute Gasteiger partial charge is 0.493 e. The number of nitrogens with zero attached hydrogens (tertiary/aromatic N) is 2. The minimum Gasteiger partial charge on any atom is -0.493 e. The van der Waals surface area contributed by atoms with Crippen LogP contribution in [0.25, 0.3) is 5.69 Å². The number of methoxy groups -OCH3 is 2. The molecule has 37 heavy (non-hydrogen) atoms. The maximum atomic E-state index is 15.2. The van der Waals surface area contributed by atoms with Crippen molar-refractivity contribution in [2.24, 2.45) is 5.73 Å².